The quantitative estimate of drug-likeness (QED) is 0.515. The summed E-state index contributed by atoms with van der Waals surface area (Å²) in [6.45, 7) is 3.32. The van der Waals surface area contributed by atoms with Crippen molar-refractivity contribution in [1.29, 1.82) is 5.26 Å². The van der Waals surface area contributed by atoms with Gasteiger partial charge in [0.2, 0.25) is 11.7 Å². The lowest BCUT2D eigenvalue weighted by atomic mass is 9.82. The van der Waals surface area contributed by atoms with Gasteiger partial charge in [-0.25, -0.2) is 0 Å². The van der Waals surface area contributed by atoms with Crippen LogP contribution in [0.25, 0.3) is 10.9 Å². The van der Waals surface area contributed by atoms with Crippen molar-refractivity contribution in [3.8, 4) is 6.07 Å². The van der Waals surface area contributed by atoms with E-state index < -0.39 is 12.0 Å². The van der Waals surface area contributed by atoms with Crippen molar-refractivity contribution in [2.24, 2.45) is 11.8 Å². The molecule has 1 fully saturated rings. The molecule has 1 amide bonds. The smallest absolute Gasteiger partial charge is 0.370 e. The maximum Gasteiger partial charge on any atom is 0.451 e. The molecule has 2 aliphatic heterocycles. The van der Waals surface area contributed by atoms with Crippen molar-refractivity contribution in [3.63, 3.8) is 0 Å². The summed E-state index contributed by atoms with van der Waals surface area (Å²) in [5.41, 5.74) is 1.94. The maximum absolute atomic E-state index is 13.5. The number of pyridine rings is 1. The number of amides is 1. The van der Waals surface area contributed by atoms with Crippen LogP contribution in [0, 0.1) is 23.2 Å². The van der Waals surface area contributed by atoms with Crippen LogP contribution in [0.1, 0.15) is 37.0 Å². The second-order valence-electron chi connectivity index (χ2n) is 9.15. The molecule has 188 valence electrons. The van der Waals surface area contributed by atoms with Gasteiger partial charge < -0.3 is 14.4 Å². The number of aromatic nitrogens is 4. The lowest BCUT2D eigenvalue weighted by Crippen LogP contribution is -2.49. The third kappa shape index (κ3) is 4.23. The Morgan fingerprint density at radius 1 is 1.25 bits per heavy atom. The number of hydrogen-bond acceptors (Lipinski definition) is 6. The molecule has 2 aromatic heterocycles. The third-order valence-corrected chi connectivity index (χ3v) is 7.37. The molecule has 0 aliphatic carbocycles. The van der Waals surface area contributed by atoms with Gasteiger partial charge in [0.25, 0.3) is 0 Å². The molecule has 0 bridgehead atoms. The summed E-state index contributed by atoms with van der Waals surface area (Å²) < 4.78 is 40.5. The summed E-state index contributed by atoms with van der Waals surface area (Å²) in [5, 5.41) is 18.1. The minimum absolute atomic E-state index is 0.00460. The topological polar surface area (TPSA) is 90.9 Å². The Labute approximate surface area is 210 Å². The van der Waals surface area contributed by atoms with Crippen LogP contribution >= 0.6 is 11.6 Å². The zero-order valence-corrected chi connectivity index (χ0v) is 20.2. The third-order valence-electron chi connectivity index (χ3n) is 7.13. The number of anilines is 1. The Bertz CT molecular complexity index is 1370. The van der Waals surface area contributed by atoms with Crippen LogP contribution in [0.4, 0.5) is 18.9 Å². The Morgan fingerprint density at radius 2 is 2.06 bits per heavy atom. The fourth-order valence-electron chi connectivity index (χ4n) is 5.34. The minimum Gasteiger partial charge on any atom is -0.370 e. The highest BCUT2D eigenvalue weighted by molar-refractivity contribution is 6.31. The van der Waals surface area contributed by atoms with E-state index >= 15 is 0 Å². The summed E-state index contributed by atoms with van der Waals surface area (Å²) in [6.07, 6.45) is -1.73. The summed E-state index contributed by atoms with van der Waals surface area (Å²) in [4.78, 5) is 21.6. The van der Waals surface area contributed by atoms with Crippen molar-refractivity contribution in [1.82, 2.24) is 24.6 Å². The number of nitrogens with zero attached hydrogens (tertiary/aromatic N) is 7. The van der Waals surface area contributed by atoms with E-state index in [2.05, 4.69) is 26.2 Å². The number of carbonyl (C=O) groups excluding carboxylic acids is 1. The molecule has 2 atom stereocenters. The predicted octanol–water partition coefficient (Wildman–Crippen LogP) is 4.27. The number of alkyl halides is 3. The summed E-state index contributed by atoms with van der Waals surface area (Å²) in [7, 11) is 0. The van der Waals surface area contributed by atoms with Gasteiger partial charge in [-0.3, -0.25) is 9.78 Å². The van der Waals surface area contributed by atoms with Crippen molar-refractivity contribution in [3.05, 3.63) is 46.6 Å². The number of nitriles is 1. The van der Waals surface area contributed by atoms with Gasteiger partial charge in [-0.1, -0.05) is 24.9 Å². The average Bonchev–Trinajstić information content (AvgIpc) is 3.31. The molecule has 12 heteroatoms. The monoisotopic (exact) mass is 517 g/mol. The van der Waals surface area contributed by atoms with Crippen LogP contribution in [0.15, 0.2) is 24.4 Å². The summed E-state index contributed by atoms with van der Waals surface area (Å²) in [6, 6.07) is 7.60. The van der Waals surface area contributed by atoms with E-state index in [0.717, 1.165) is 27.6 Å². The molecule has 0 saturated carbocycles. The number of rotatable bonds is 3. The average molecular weight is 518 g/mol. The first-order valence-corrected chi connectivity index (χ1v) is 12.1. The van der Waals surface area contributed by atoms with Gasteiger partial charge in [-0.2, -0.15) is 18.4 Å². The highest BCUT2D eigenvalue weighted by Gasteiger charge is 2.42. The van der Waals surface area contributed by atoms with E-state index in [-0.39, 0.29) is 43.2 Å². The minimum atomic E-state index is -4.58. The molecule has 5 rings (SSSR count). The van der Waals surface area contributed by atoms with E-state index in [0.29, 0.717) is 30.1 Å². The molecule has 0 radical (unpaired) electrons. The van der Waals surface area contributed by atoms with E-state index in [1.807, 2.05) is 13.0 Å². The first-order chi connectivity index (χ1) is 17.2. The molecule has 1 saturated heterocycles. The highest BCUT2D eigenvalue weighted by atomic mass is 35.5. The van der Waals surface area contributed by atoms with Crippen LogP contribution in [0.3, 0.4) is 0 Å². The van der Waals surface area contributed by atoms with Gasteiger partial charge in [0.15, 0.2) is 5.82 Å². The van der Waals surface area contributed by atoms with E-state index in [1.165, 1.54) is 0 Å². The zero-order valence-electron chi connectivity index (χ0n) is 19.5. The maximum atomic E-state index is 13.5. The van der Waals surface area contributed by atoms with Crippen LogP contribution in [0.2, 0.25) is 5.02 Å². The van der Waals surface area contributed by atoms with Crippen molar-refractivity contribution in [2.75, 3.05) is 24.5 Å². The number of carbonyl (C=O) groups is 1. The van der Waals surface area contributed by atoms with Gasteiger partial charge in [-0.05, 0) is 30.5 Å². The predicted molar refractivity (Wildman–Crippen MR) is 126 cm³/mol. The standard InChI is InChI=1S/C24H23ClF3N7O/c1-2-14-12-33(21-15(10-29)11-30-19-4-3-16(25)9-18(19)21)6-5-17(14)22(36)34-7-8-35-20(13-34)31-32-23(35)24(26,27)28/h3-4,9,11,14,17H,2,5-8,12-13H2,1H3/t14-,17+/m0/s1. The number of halogens is 4. The lowest BCUT2D eigenvalue weighted by molar-refractivity contribution is -0.148. The second-order valence-corrected chi connectivity index (χ2v) is 9.59. The second kappa shape index (κ2) is 9.24. The molecule has 2 aliphatic rings. The van der Waals surface area contributed by atoms with Crippen molar-refractivity contribution >= 4 is 34.1 Å². The van der Waals surface area contributed by atoms with E-state index in [9.17, 15) is 23.2 Å². The van der Waals surface area contributed by atoms with Crippen molar-refractivity contribution < 1.29 is 18.0 Å². The normalized spacial score (nSPS) is 20.3. The number of piperidine rings is 1. The molecular weight excluding hydrogens is 495 g/mol. The molecule has 3 aromatic rings. The summed E-state index contributed by atoms with van der Waals surface area (Å²) >= 11 is 6.24. The Hall–Kier alpha value is -3.39. The largest absolute Gasteiger partial charge is 0.451 e. The van der Waals surface area contributed by atoms with Gasteiger partial charge in [0.05, 0.1) is 23.3 Å². The van der Waals surface area contributed by atoms with Crippen molar-refractivity contribution in [2.45, 2.75) is 39.0 Å². The molecule has 0 unspecified atom stereocenters. The Kier molecular flexibility index (Phi) is 6.24. The van der Waals surface area contributed by atoms with Gasteiger partial charge in [0.1, 0.15) is 6.07 Å². The van der Waals surface area contributed by atoms with Crippen LogP contribution in [0.5, 0.6) is 0 Å². The first kappa shape index (κ1) is 24.3. The van der Waals surface area contributed by atoms with Crippen LogP contribution < -0.4 is 4.90 Å². The Morgan fingerprint density at radius 3 is 2.78 bits per heavy atom. The number of hydrogen-bond donors (Lipinski definition) is 0. The van der Waals surface area contributed by atoms with Gasteiger partial charge in [-0.15, -0.1) is 10.2 Å². The van der Waals surface area contributed by atoms with E-state index in [1.54, 1.807) is 23.2 Å². The van der Waals surface area contributed by atoms with Gasteiger partial charge in [0, 0.05) is 48.7 Å². The molecule has 1 aromatic carbocycles. The molecular formula is C24H23ClF3N7O. The molecule has 36 heavy (non-hydrogen) atoms. The molecule has 8 nitrogen and oxygen atoms in total. The molecule has 0 spiro atoms. The van der Waals surface area contributed by atoms with Crippen LogP contribution in [-0.4, -0.2) is 50.2 Å². The van der Waals surface area contributed by atoms with Gasteiger partial charge >= 0.3 is 6.18 Å². The lowest BCUT2D eigenvalue weighted by Gasteiger charge is -2.41. The van der Waals surface area contributed by atoms with Crippen LogP contribution in [-0.2, 0) is 24.1 Å². The zero-order chi connectivity index (χ0) is 25.6. The molecule has 0 N–H and O–H groups in total. The highest BCUT2D eigenvalue weighted by Crippen LogP contribution is 2.37. The first-order valence-electron chi connectivity index (χ1n) is 11.7. The fourth-order valence-corrected chi connectivity index (χ4v) is 5.51. The SMILES string of the molecule is CC[C@H]1CN(c2c(C#N)cnc3ccc(Cl)cc23)CC[C@H]1C(=O)N1CCn2c(nnc2C(F)(F)F)C1. The molecule has 4 heterocycles. The van der Waals surface area contributed by atoms with E-state index in [4.69, 9.17) is 11.6 Å². The Balaban J connectivity index is 1.37. The number of benzene rings is 1. The summed E-state index contributed by atoms with van der Waals surface area (Å²) in [5.74, 6) is -1.23. The number of fused-ring (bicyclic) bond motifs is 2. The fraction of sp³-hybridized carbons (Fsp3) is 0.458.